The summed E-state index contributed by atoms with van der Waals surface area (Å²) in [7, 11) is 1.63. The number of amides is 1. The highest BCUT2D eigenvalue weighted by atomic mass is 16.5. The zero-order valence-electron chi connectivity index (χ0n) is 16.4. The molecule has 1 fully saturated rings. The monoisotopic (exact) mass is 392 g/mol. The third-order valence-electron chi connectivity index (χ3n) is 4.90. The first-order valence-electron chi connectivity index (χ1n) is 9.61. The Labute approximate surface area is 169 Å². The number of anilines is 1. The van der Waals surface area contributed by atoms with E-state index in [4.69, 9.17) is 9.47 Å². The molecule has 0 atom stereocenters. The first-order chi connectivity index (χ1) is 14.2. The minimum Gasteiger partial charge on any atom is -0.497 e. The van der Waals surface area contributed by atoms with Crippen molar-refractivity contribution in [2.75, 3.05) is 38.7 Å². The summed E-state index contributed by atoms with van der Waals surface area (Å²) in [4.78, 5) is 15.0. The van der Waals surface area contributed by atoms with Gasteiger partial charge in [0.25, 0.3) is 5.91 Å². The fraction of sp³-hybridized carbons (Fsp3) is 0.273. The van der Waals surface area contributed by atoms with E-state index in [-0.39, 0.29) is 5.91 Å². The molecule has 2 aromatic carbocycles. The van der Waals surface area contributed by atoms with Crippen LogP contribution in [0.4, 0.5) is 5.69 Å². The first-order valence-corrected chi connectivity index (χ1v) is 9.61. The molecule has 1 amide bonds. The number of nitrogens with one attached hydrogen (secondary N) is 2. The van der Waals surface area contributed by atoms with E-state index in [1.165, 1.54) is 0 Å². The fourth-order valence-corrected chi connectivity index (χ4v) is 3.31. The van der Waals surface area contributed by atoms with Crippen molar-refractivity contribution in [1.29, 1.82) is 0 Å². The fourth-order valence-electron chi connectivity index (χ4n) is 3.31. The molecule has 1 aliphatic rings. The Kier molecular flexibility index (Phi) is 5.88. The average Bonchev–Trinajstić information content (AvgIpc) is 3.25. The number of rotatable bonds is 6. The number of methoxy groups -OCH3 is 1. The molecule has 1 saturated heterocycles. The molecule has 1 aliphatic heterocycles. The third kappa shape index (κ3) is 4.82. The lowest BCUT2D eigenvalue weighted by molar-refractivity contribution is 0.0342. The molecule has 7 nitrogen and oxygen atoms in total. The van der Waals surface area contributed by atoms with Crippen molar-refractivity contribution in [2.24, 2.45) is 0 Å². The van der Waals surface area contributed by atoms with E-state index < -0.39 is 0 Å². The maximum absolute atomic E-state index is 12.6. The van der Waals surface area contributed by atoms with E-state index in [9.17, 15) is 4.79 Å². The number of H-pyrrole nitrogens is 1. The van der Waals surface area contributed by atoms with Crippen LogP contribution in [0.3, 0.4) is 0 Å². The van der Waals surface area contributed by atoms with Crippen LogP contribution in [0.1, 0.15) is 16.1 Å². The van der Waals surface area contributed by atoms with E-state index in [0.717, 1.165) is 55.4 Å². The van der Waals surface area contributed by atoms with Crippen molar-refractivity contribution < 1.29 is 14.3 Å². The SMILES string of the molecule is COc1ccc(-c2cc(C(=O)Nc3cccc(CN4CCOCC4)c3)[nH]n2)cc1. The molecule has 0 aliphatic carbocycles. The van der Waals surface area contributed by atoms with Gasteiger partial charge in [0.05, 0.1) is 26.0 Å². The third-order valence-corrected chi connectivity index (χ3v) is 4.90. The Morgan fingerprint density at radius 2 is 1.97 bits per heavy atom. The van der Waals surface area contributed by atoms with Crippen LogP contribution in [-0.4, -0.2) is 54.4 Å². The zero-order valence-corrected chi connectivity index (χ0v) is 16.4. The summed E-state index contributed by atoms with van der Waals surface area (Å²) in [6, 6.07) is 17.2. The van der Waals surface area contributed by atoms with Gasteiger partial charge < -0.3 is 14.8 Å². The van der Waals surface area contributed by atoms with Gasteiger partial charge in [-0.3, -0.25) is 14.8 Å². The second kappa shape index (κ2) is 8.89. The van der Waals surface area contributed by atoms with Crippen molar-refractivity contribution >= 4 is 11.6 Å². The number of aromatic nitrogens is 2. The van der Waals surface area contributed by atoms with Crippen LogP contribution in [0.15, 0.2) is 54.6 Å². The Balaban J connectivity index is 1.41. The van der Waals surface area contributed by atoms with Crippen LogP contribution in [0.25, 0.3) is 11.3 Å². The van der Waals surface area contributed by atoms with E-state index >= 15 is 0 Å². The van der Waals surface area contributed by atoms with Gasteiger partial charge in [0.1, 0.15) is 11.4 Å². The van der Waals surface area contributed by atoms with Crippen molar-refractivity contribution in [2.45, 2.75) is 6.54 Å². The summed E-state index contributed by atoms with van der Waals surface area (Å²) >= 11 is 0. The zero-order chi connectivity index (χ0) is 20.1. The van der Waals surface area contributed by atoms with E-state index in [1.807, 2.05) is 42.5 Å². The maximum atomic E-state index is 12.6. The number of hydrogen-bond donors (Lipinski definition) is 2. The molecule has 3 aromatic rings. The second-order valence-corrected chi connectivity index (χ2v) is 6.94. The number of carbonyl (C=O) groups excluding carboxylic acids is 1. The highest BCUT2D eigenvalue weighted by Crippen LogP contribution is 2.22. The van der Waals surface area contributed by atoms with Crippen molar-refractivity contribution in [1.82, 2.24) is 15.1 Å². The predicted molar refractivity (Wildman–Crippen MR) is 111 cm³/mol. The van der Waals surface area contributed by atoms with Gasteiger partial charge in [-0.05, 0) is 48.0 Å². The van der Waals surface area contributed by atoms with Crippen molar-refractivity contribution in [3.05, 3.63) is 65.9 Å². The van der Waals surface area contributed by atoms with Gasteiger partial charge >= 0.3 is 0 Å². The number of ether oxygens (including phenoxy) is 2. The van der Waals surface area contributed by atoms with Gasteiger partial charge in [0.15, 0.2) is 0 Å². The van der Waals surface area contributed by atoms with Gasteiger partial charge in [0.2, 0.25) is 0 Å². The normalized spacial score (nSPS) is 14.5. The number of morpholine rings is 1. The predicted octanol–water partition coefficient (Wildman–Crippen LogP) is 3.17. The van der Waals surface area contributed by atoms with Crippen LogP contribution in [-0.2, 0) is 11.3 Å². The van der Waals surface area contributed by atoms with E-state index in [0.29, 0.717) is 11.4 Å². The molecule has 7 heteroatoms. The minimum absolute atomic E-state index is 0.221. The second-order valence-electron chi connectivity index (χ2n) is 6.94. The van der Waals surface area contributed by atoms with Crippen molar-refractivity contribution in [3.63, 3.8) is 0 Å². The molecule has 0 radical (unpaired) electrons. The molecule has 4 rings (SSSR count). The molecule has 1 aromatic heterocycles. The van der Waals surface area contributed by atoms with Crippen LogP contribution in [0.5, 0.6) is 5.75 Å². The molecule has 2 heterocycles. The molecule has 150 valence electrons. The standard InChI is InChI=1S/C22H24N4O3/c1-28-19-7-5-17(6-8-19)20-14-21(25-24-20)22(27)23-18-4-2-3-16(13-18)15-26-9-11-29-12-10-26/h2-8,13-14H,9-12,15H2,1H3,(H,23,27)(H,24,25). The van der Waals surface area contributed by atoms with Gasteiger partial charge in [0, 0.05) is 30.9 Å². The van der Waals surface area contributed by atoms with Crippen LogP contribution in [0.2, 0.25) is 0 Å². The minimum atomic E-state index is -0.221. The van der Waals surface area contributed by atoms with E-state index in [1.54, 1.807) is 13.2 Å². The molecular formula is C22H24N4O3. The smallest absolute Gasteiger partial charge is 0.273 e. The van der Waals surface area contributed by atoms with E-state index in [2.05, 4.69) is 26.5 Å². The van der Waals surface area contributed by atoms with Crippen molar-refractivity contribution in [3.8, 4) is 17.0 Å². The number of aromatic amines is 1. The molecule has 0 bridgehead atoms. The Bertz CT molecular complexity index is 962. The molecular weight excluding hydrogens is 368 g/mol. The maximum Gasteiger partial charge on any atom is 0.273 e. The quantitative estimate of drug-likeness (QED) is 0.674. The summed E-state index contributed by atoms with van der Waals surface area (Å²) in [6.45, 7) is 4.25. The van der Waals surface area contributed by atoms with Crippen LogP contribution >= 0.6 is 0 Å². The highest BCUT2D eigenvalue weighted by Gasteiger charge is 2.13. The van der Waals surface area contributed by atoms with Crippen LogP contribution in [0, 0.1) is 0 Å². The van der Waals surface area contributed by atoms with Gasteiger partial charge in [-0.15, -0.1) is 0 Å². The molecule has 0 spiro atoms. The largest absolute Gasteiger partial charge is 0.497 e. The number of benzene rings is 2. The van der Waals surface area contributed by atoms with Gasteiger partial charge in [-0.2, -0.15) is 5.10 Å². The Hall–Kier alpha value is -3.16. The molecule has 29 heavy (non-hydrogen) atoms. The topological polar surface area (TPSA) is 79.5 Å². The highest BCUT2D eigenvalue weighted by molar-refractivity contribution is 6.03. The number of nitrogens with zero attached hydrogens (tertiary/aromatic N) is 2. The van der Waals surface area contributed by atoms with Gasteiger partial charge in [-0.25, -0.2) is 0 Å². The molecule has 0 saturated carbocycles. The number of carbonyl (C=O) groups is 1. The lowest BCUT2D eigenvalue weighted by Gasteiger charge is -2.26. The summed E-state index contributed by atoms with van der Waals surface area (Å²) in [5.74, 6) is 0.556. The Morgan fingerprint density at radius 1 is 1.17 bits per heavy atom. The van der Waals surface area contributed by atoms with Crippen LogP contribution < -0.4 is 10.1 Å². The average molecular weight is 392 g/mol. The van der Waals surface area contributed by atoms with Gasteiger partial charge in [-0.1, -0.05) is 12.1 Å². The molecule has 2 N–H and O–H groups in total. The summed E-state index contributed by atoms with van der Waals surface area (Å²) in [5, 5.41) is 10.0. The molecule has 0 unspecified atom stereocenters. The lowest BCUT2D eigenvalue weighted by atomic mass is 10.1. The first kappa shape index (κ1) is 19.2. The Morgan fingerprint density at radius 3 is 2.72 bits per heavy atom. The summed E-state index contributed by atoms with van der Waals surface area (Å²) < 4.78 is 10.6. The summed E-state index contributed by atoms with van der Waals surface area (Å²) in [5.41, 5.74) is 3.96. The number of hydrogen-bond acceptors (Lipinski definition) is 5. The summed E-state index contributed by atoms with van der Waals surface area (Å²) in [6.07, 6.45) is 0. The lowest BCUT2D eigenvalue weighted by Crippen LogP contribution is -2.35.